The fourth-order valence-corrected chi connectivity index (χ4v) is 2.19. The maximum atomic E-state index is 4.34. The molecule has 0 unspecified atom stereocenters. The van der Waals surface area contributed by atoms with Crippen LogP contribution in [-0.2, 0) is 0 Å². The average Bonchev–Trinajstić information content (AvgIpc) is 2.70. The Balaban J connectivity index is 2.28. The molecule has 3 nitrogen and oxygen atoms in total. The van der Waals surface area contributed by atoms with E-state index in [0.29, 0.717) is 6.04 Å². The Morgan fingerprint density at radius 2 is 2.12 bits per heavy atom. The molecule has 1 aromatic heterocycles. The second kappa shape index (κ2) is 4.92. The number of aryl methyl sites for hydroxylation is 1. The SMILES string of the molecule is Cc1cc(Br)ccc1Nc1nccn1C(C)C. The summed E-state index contributed by atoms with van der Waals surface area (Å²) in [7, 11) is 0. The van der Waals surface area contributed by atoms with Gasteiger partial charge in [0.25, 0.3) is 0 Å². The van der Waals surface area contributed by atoms with Crippen molar-refractivity contribution in [2.24, 2.45) is 0 Å². The first-order valence-corrected chi connectivity index (χ1v) is 6.43. The highest BCUT2D eigenvalue weighted by atomic mass is 79.9. The van der Waals surface area contributed by atoms with Crippen molar-refractivity contribution in [1.82, 2.24) is 9.55 Å². The van der Waals surface area contributed by atoms with Crippen LogP contribution in [0, 0.1) is 6.92 Å². The van der Waals surface area contributed by atoms with Crippen LogP contribution in [-0.4, -0.2) is 9.55 Å². The zero-order valence-electron chi connectivity index (χ0n) is 10.2. The van der Waals surface area contributed by atoms with Gasteiger partial charge in [-0.3, -0.25) is 0 Å². The van der Waals surface area contributed by atoms with Crippen molar-refractivity contribution in [1.29, 1.82) is 0 Å². The summed E-state index contributed by atoms with van der Waals surface area (Å²) in [5, 5.41) is 3.36. The molecule has 0 atom stereocenters. The molecular weight excluding hydrogens is 278 g/mol. The fourth-order valence-electron chi connectivity index (χ4n) is 1.71. The van der Waals surface area contributed by atoms with E-state index in [-0.39, 0.29) is 0 Å². The third-order valence-electron chi connectivity index (χ3n) is 2.66. The number of nitrogens with zero attached hydrogens (tertiary/aromatic N) is 2. The second-order valence-corrected chi connectivity index (χ2v) is 5.25. The van der Waals surface area contributed by atoms with Crippen LogP contribution < -0.4 is 5.32 Å². The Labute approximate surface area is 110 Å². The highest BCUT2D eigenvalue weighted by molar-refractivity contribution is 9.10. The Hall–Kier alpha value is -1.29. The van der Waals surface area contributed by atoms with Crippen LogP contribution in [0.5, 0.6) is 0 Å². The molecule has 2 rings (SSSR count). The van der Waals surface area contributed by atoms with E-state index >= 15 is 0 Å². The van der Waals surface area contributed by atoms with Crippen LogP contribution in [0.2, 0.25) is 0 Å². The van der Waals surface area contributed by atoms with E-state index in [1.165, 1.54) is 5.56 Å². The number of hydrogen-bond acceptors (Lipinski definition) is 2. The zero-order chi connectivity index (χ0) is 12.4. The molecule has 1 aromatic carbocycles. The van der Waals surface area contributed by atoms with E-state index in [1.807, 2.05) is 18.5 Å². The number of anilines is 2. The van der Waals surface area contributed by atoms with Crippen molar-refractivity contribution >= 4 is 27.6 Å². The largest absolute Gasteiger partial charge is 0.325 e. The molecule has 17 heavy (non-hydrogen) atoms. The Kier molecular flexibility index (Phi) is 3.52. The van der Waals surface area contributed by atoms with Crippen LogP contribution in [0.25, 0.3) is 0 Å². The van der Waals surface area contributed by atoms with Crippen LogP contribution in [0.1, 0.15) is 25.5 Å². The monoisotopic (exact) mass is 293 g/mol. The van der Waals surface area contributed by atoms with Gasteiger partial charge >= 0.3 is 0 Å². The number of halogens is 1. The normalized spacial score (nSPS) is 10.9. The van der Waals surface area contributed by atoms with Gasteiger partial charge in [-0.1, -0.05) is 15.9 Å². The average molecular weight is 294 g/mol. The number of benzene rings is 1. The molecule has 1 N–H and O–H groups in total. The quantitative estimate of drug-likeness (QED) is 0.915. The number of imidazole rings is 1. The molecule has 1 heterocycles. The molecule has 4 heteroatoms. The first-order chi connectivity index (χ1) is 8.08. The van der Waals surface area contributed by atoms with Gasteiger partial charge in [-0.25, -0.2) is 4.98 Å². The summed E-state index contributed by atoms with van der Waals surface area (Å²) in [6, 6.07) is 6.57. The zero-order valence-corrected chi connectivity index (χ0v) is 11.8. The van der Waals surface area contributed by atoms with E-state index in [1.54, 1.807) is 0 Å². The van der Waals surface area contributed by atoms with Gasteiger partial charge in [-0.2, -0.15) is 0 Å². The van der Waals surface area contributed by atoms with Gasteiger partial charge in [0, 0.05) is 28.6 Å². The molecule has 0 fully saturated rings. The van der Waals surface area contributed by atoms with Crippen molar-refractivity contribution in [2.75, 3.05) is 5.32 Å². The lowest BCUT2D eigenvalue weighted by Gasteiger charge is -2.14. The van der Waals surface area contributed by atoms with E-state index in [9.17, 15) is 0 Å². The van der Waals surface area contributed by atoms with Gasteiger partial charge in [0.15, 0.2) is 0 Å². The van der Waals surface area contributed by atoms with Crippen molar-refractivity contribution in [3.05, 3.63) is 40.6 Å². The van der Waals surface area contributed by atoms with Gasteiger partial charge < -0.3 is 9.88 Å². The molecule has 0 saturated heterocycles. The summed E-state index contributed by atoms with van der Waals surface area (Å²) in [6.07, 6.45) is 3.80. The predicted octanol–water partition coefficient (Wildman–Crippen LogP) is 4.28. The topological polar surface area (TPSA) is 29.9 Å². The molecule has 2 aromatic rings. The minimum absolute atomic E-state index is 0.399. The van der Waals surface area contributed by atoms with Gasteiger partial charge in [0.05, 0.1) is 0 Å². The van der Waals surface area contributed by atoms with E-state index in [2.05, 4.69) is 63.7 Å². The minimum atomic E-state index is 0.399. The van der Waals surface area contributed by atoms with E-state index in [4.69, 9.17) is 0 Å². The first kappa shape index (κ1) is 12.2. The lowest BCUT2D eigenvalue weighted by Crippen LogP contribution is -2.05. The Bertz CT molecular complexity index is 517. The standard InChI is InChI=1S/C13H16BrN3/c1-9(2)17-7-6-15-13(17)16-12-5-4-11(14)8-10(12)3/h4-9H,1-3H3,(H,15,16). The summed E-state index contributed by atoms with van der Waals surface area (Å²) in [5.74, 6) is 0.880. The number of aromatic nitrogens is 2. The molecule has 0 aliphatic carbocycles. The van der Waals surface area contributed by atoms with Gasteiger partial charge in [-0.05, 0) is 44.5 Å². The summed E-state index contributed by atoms with van der Waals surface area (Å²) >= 11 is 3.46. The fraction of sp³-hybridized carbons (Fsp3) is 0.308. The number of hydrogen-bond donors (Lipinski definition) is 1. The minimum Gasteiger partial charge on any atom is -0.325 e. The molecule has 0 radical (unpaired) electrons. The third-order valence-corrected chi connectivity index (χ3v) is 3.15. The van der Waals surface area contributed by atoms with Crippen molar-refractivity contribution in [2.45, 2.75) is 26.8 Å². The molecule has 0 amide bonds. The summed E-state index contributed by atoms with van der Waals surface area (Å²) in [5.41, 5.74) is 2.28. The van der Waals surface area contributed by atoms with Crippen LogP contribution >= 0.6 is 15.9 Å². The Morgan fingerprint density at radius 3 is 2.76 bits per heavy atom. The lowest BCUT2D eigenvalue weighted by molar-refractivity contribution is 0.608. The molecule has 90 valence electrons. The maximum Gasteiger partial charge on any atom is 0.207 e. The smallest absolute Gasteiger partial charge is 0.207 e. The number of rotatable bonds is 3. The molecule has 0 spiro atoms. The third kappa shape index (κ3) is 2.69. The molecule has 0 bridgehead atoms. The second-order valence-electron chi connectivity index (χ2n) is 4.34. The predicted molar refractivity (Wildman–Crippen MR) is 74.8 cm³/mol. The summed E-state index contributed by atoms with van der Waals surface area (Å²) in [6.45, 7) is 6.36. The van der Waals surface area contributed by atoms with Gasteiger partial charge in [0.1, 0.15) is 0 Å². The van der Waals surface area contributed by atoms with Crippen molar-refractivity contribution in [3.8, 4) is 0 Å². The maximum absolute atomic E-state index is 4.34. The summed E-state index contributed by atoms with van der Waals surface area (Å²) < 4.78 is 3.20. The highest BCUT2D eigenvalue weighted by Crippen LogP contribution is 2.24. The molecular formula is C13H16BrN3. The molecule has 0 aliphatic rings. The van der Waals surface area contributed by atoms with Crippen LogP contribution in [0.3, 0.4) is 0 Å². The van der Waals surface area contributed by atoms with Crippen LogP contribution in [0.4, 0.5) is 11.6 Å². The number of nitrogens with one attached hydrogen (secondary N) is 1. The molecule has 0 saturated carbocycles. The van der Waals surface area contributed by atoms with Gasteiger partial charge in [0.2, 0.25) is 5.95 Å². The van der Waals surface area contributed by atoms with Crippen molar-refractivity contribution in [3.63, 3.8) is 0 Å². The van der Waals surface area contributed by atoms with E-state index in [0.717, 1.165) is 16.1 Å². The Morgan fingerprint density at radius 1 is 1.35 bits per heavy atom. The van der Waals surface area contributed by atoms with Crippen LogP contribution in [0.15, 0.2) is 35.1 Å². The van der Waals surface area contributed by atoms with Crippen molar-refractivity contribution < 1.29 is 0 Å². The highest BCUT2D eigenvalue weighted by Gasteiger charge is 2.07. The van der Waals surface area contributed by atoms with Gasteiger partial charge in [-0.15, -0.1) is 0 Å². The first-order valence-electron chi connectivity index (χ1n) is 5.64. The summed E-state index contributed by atoms with van der Waals surface area (Å²) in [4.78, 5) is 4.34. The lowest BCUT2D eigenvalue weighted by atomic mass is 10.2. The molecule has 0 aliphatic heterocycles. The van der Waals surface area contributed by atoms with E-state index < -0.39 is 0 Å².